The molecule has 0 spiro atoms. The number of hydrogen-bond donors (Lipinski definition) is 0. The van der Waals surface area contributed by atoms with Gasteiger partial charge >= 0.3 is 0 Å². The van der Waals surface area contributed by atoms with Crippen LogP contribution in [0.15, 0.2) is 60.7 Å². The number of benzene rings is 2. The van der Waals surface area contributed by atoms with E-state index >= 15 is 0 Å². The van der Waals surface area contributed by atoms with Crippen LogP contribution in [0.5, 0.6) is 0 Å². The fourth-order valence-corrected chi connectivity index (χ4v) is 50.6. The van der Waals surface area contributed by atoms with E-state index in [1.165, 1.54) is 51.4 Å². The molecule has 2 aromatic rings. The van der Waals surface area contributed by atoms with Gasteiger partial charge in [0.15, 0.2) is 0 Å². The van der Waals surface area contributed by atoms with Crippen LogP contribution in [0.1, 0.15) is 65.2 Å². The van der Waals surface area contributed by atoms with Crippen LogP contribution in [0, 0.1) is 0 Å². The van der Waals surface area contributed by atoms with Crippen molar-refractivity contribution < 1.29 is 0 Å². The summed E-state index contributed by atoms with van der Waals surface area (Å²) < 4.78 is 0. The molecule has 0 unspecified atom stereocenters. The Bertz CT molecular complexity index is 672. The minimum Gasteiger partial charge on any atom is -0.0676 e. The maximum atomic E-state index is 2.77. The van der Waals surface area contributed by atoms with Crippen LogP contribution in [0.25, 0.3) is 0 Å². The molecule has 0 saturated heterocycles. The fraction of sp³-hybridized carbons (Fsp3) is 0.571. The lowest BCUT2D eigenvalue weighted by Crippen LogP contribution is -2.81. The molecule has 3 heteroatoms. The molecular weight excluding hydrogens is 421 g/mol. The first-order valence-electron chi connectivity index (χ1n) is 12.9. The second-order valence-corrected chi connectivity index (χ2v) is 36.2. The van der Waals surface area contributed by atoms with Crippen LogP contribution in [0.4, 0.5) is 0 Å². The quantitative estimate of drug-likeness (QED) is 0.195. The zero-order valence-electron chi connectivity index (χ0n) is 21.3. The molecule has 0 amide bonds. The van der Waals surface area contributed by atoms with Gasteiger partial charge in [0.05, 0.1) is 22.3 Å². The van der Waals surface area contributed by atoms with E-state index in [0.717, 1.165) is 0 Å². The minimum atomic E-state index is -1.60. The van der Waals surface area contributed by atoms with E-state index in [1.807, 2.05) is 0 Å². The van der Waals surface area contributed by atoms with Gasteiger partial charge in [0.1, 0.15) is 0 Å². The molecule has 0 radical (unpaired) electrons. The van der Waals surface area contributed by atoms with Gasteiger partial charge in [-0.2, -0.15) is 0 Å². The van der Waals surface area contributed by atoms with Gasteiger partial charge in [-0.25, -0.2) is 0 Å². The number of hydrogen-bond acceptors (Lipinski definition) is 0. The topological polar surface area (TPSA) is 0 Å². The van der Waals surface area contributed by atoms with Crippen molar-refractivity contribution in [1.82, 2.24) is 0 Å². The summed E-state index contributed by atoms with van der Waals surface area (Å²) in [6.45, 7) is 15.8. The van der Waals surface area contributed by atoms with E-state index in [-0.39, 0.29) is 0 Å². The Hall–Kier alpha value is -0.909. The van der Waals surface area contributed by atoms with Gasteiger partial charge in [-0.15, -0.1) is 0 Å². The monoisotopic (exact) mass is 468 g/mol. The maximum Gasteiger partial charge on any atom is 0.0723 e. The zero-order chi connectivity index (χ0) is 22.8. The van der Waals surface area contributed by atoms with Gasteiger partial charge in [0, 0.05) is 0 Å². The molecule has 0 bridgehead atoms. The predicted molar refractivity (Wildman–Crippen MR) is 151 cm³/mol. The van der Waals surface area contributed by atoms with Crippen LogP contribution in [0.2, 0.25) is 38.3 Å². The summed E-state index contributed by atoms with van der Waals surface area (Å²) >= 11 is 0. The maximum absolute atomic E-state index is 2.77. The van der Waals surface area contributed by atoms with E-state index in [2.05, 4.69) is 101 Å². The Morgan fingerprint density at radius 1 is 0.484 bits per heavy atom. The molecule has 0 fully saturated rings. The van der Waals surface area contributed by atoms with E-state index in [4.69, 9.17) is 0 Å². The normalized spacial score (nSPS) is 12.8. The Morgan fingerprint density at radius 2 is 0.839 bits per heavy atom. The molecule has 0 aliphatic carbocycles. The second kappa shape index (κ2) is 12.4. The molecule has 31 heavy (non-hydrogen) atoms. The smallest absolute Gasteiger partial charge is 0.0676 e. The van der Waals surface area contributed by atoms with Crippen molar-refractivity contribution in [3.8, 4) is 0 Å². The lowest BCUT2D eigenvalue weighted by Gasteiger charge is -2.54. The van der Waals surface area contributed by atoms with Crippen molar-refractivity contribution in [1.29, 1.82) is 0 Å². The molecule has 0 atom stereocenters. The van der Waals surface area contributed by atoms with Crippen LogP contribution in [-0.4, -0.2) is 22.3 Å². The third kappa shape index (κ3) is 6.11. The number of rotatable bonds is 14. The summed E-state index contributed by atoms with van der Waals surface area (Å²) in [5, 5.41) is 3.45. The highest BCUT2D eigenvalue weighted by Gasteiger charge is 2.58. The average Bonchev–Trinajstić information content (AvgIpc) is 2.79. The third-order valence-electron chi connectivity index (χ3n) is 8.30. The first-order valence-corrected chi connectivity index (χ1v) is 23.4. The molecule has 0 aliphatic heterocycles. The van der Waals surface area contributed by atoms with E-state index in [1.54, 1.807) is 22.5 Å². The van der Waals surface area contributed by atoms with Crippen LogP contribution in [-0.2, 0) is 0 Å². The van der Waals surface area contributed by atoms with Gasteiger partial charge < -0.3 is 0 Å². The van der Waals surface area contributed by atoms with E-state index in [9.17, 15) is 0 Å². The highest BCUT2D eigenvalue weighted by molar-refractivity contribution is 7.73. The Morgan fingerprint density at radius 3 is 1.16 bits per heavy atom. The summed E-state index contributed by atoms with van der Waals surface area (Å²) in [5.41, 5.74) is 0. The van der Waals surface area contributed by atoms with Gasteiger partial charge in [-0.05, 0) is 0 Å². The summed E-state index contributed by atoms with van der Waals surface area (Å²) in [6, 6.07) is 26.7. The van der Waals surface area contributed by atoms with Crippen molar-refractivity contribution in [2.45, 2.75) is 103 Å². The lowest BCUT2D eigenvalue weighted by atomic mass is 10.2. The van der Waals surface area contributed by atoms with Crippen LogP contribution < -0.4 is 10.4 Å². The molecule has 0 aliphatic rings. The molecule has 0 nitrogen and oxygen atoms in total. The highest BCUT2D eigenvalue weighted by atomic mass is 29.6. The Balaban J connectivity index is 2.58. The Labute approximate surface area is 196 Å². The number of unbranched alkanes of at least 4 members (excludes halogenated alkanes) is 6. The Kier molecular flexibility index (Phi) is 10.5. The van der Waals surface area contributed by atoms with Crippen LogP contribution >= 0.6 is 0 Å². The van der Waals surface area contributed by atoms with E-state index < -0.39 is 22.3 Å². The molecular formula is C28H48Si3. The fourth-order valence-electron chi connectivity index (χ4n) is 6.13. The van der Waals surface area contributed by atoms with Crippen molar-refractivity contribution in [3.05, 3.63) is 60.7 Å². The first-order chi connectivity index (χ1) is 14.8. The van der Waals surface area contributed by atoms with E-state index in [0.29, 0.717) is 0 Å². The van der Waals surface area contributed by atoms with Gasteiger partial charge in [-0.1, -0.05) is 175 Å². The van der Waals surface area contributed by atoms with Crippen LogP contribution in [0.3, 0.4) is 0 Å². The molecule has 0 N–H and O–H groups in total. The molecule has 0 heterocycles. The van der Waals surface area contributed by atoms with Crippen molar-refractivity contribution in [2.24, 2.45) is 0 Å². The summed E-state index contributed by atoms with van der Waals surface area (Å²) in [5.74, 6) is 0. The minimum absolute atomic E-state index is 1.34. The molecule has 2 rings (SSSR count). The summed E-state index contributed by atoms with van der Waals surface area (Å²) in [6.07, 6.45) is 11.3. The standard InChI is InChI=1S/C28H48Si3/c1-7-9-11-19-25-31(26-20-12-10-8-2,29(3,4)27-21-15-13-16-22-27)30(5,6)28-23-17-14-18-24-28/h13-18,21-24H,7-12,19-20,25-26H2,1-6H3. The third-order valence-corrected chi connectivity index (χ3v) is 49.4. The largest absolute Gasteiger partial charge is 0.0723 e. The SMILES string of the molecule is CCCCCC[Si](CCCCCC)([Si](C)(C)c1ccccc1)[Si](C)(C)c1ccccc1. The van der Waals surface area contributed by atoms with Gasteiger partial charge in [0.2, 0.25) is 0 Å². The summed E-state index contributed by atoms with van der Waals surface area (Å²) in [7, 11) is -4.75. The molecule has 0 saturated carbocycles. The average molecular weight is 469 g/mol. The zero-order valence-corrected chi connectivity index (χ0v) is 24.3. The molecule has 172 valence electrons. The van der Waals surface area contributed by atoms with Gasteiger partial charge in [-0.3, -0.25) is 0 Å². The molecule has 0 aromatic heterocycles. The second-order valence-electron chi connectivity index (χ2n) is 10.7. The van der Waals surface area contributed by atoms with Crippen molar-refractivity contribution >= 4 is 32.7 Å². The predicted octanol–water partition coefficient (Wildman–Crippen LogP) is 7.98. The molecule has 2 aromatic carbocycles. The van der Waals surface area contributed by atoms with Crippen molar-refractivity contribution in [2.75, 3.05) is 0 Å². The van der Waals surface area contributed by atoms with Crippen molar-refractivity contribution in [3.63, 3.8) is 0 Å². The highest BCUT2D eigenvalue weighted by Crippen LogP contribution is 2.39. The lowest BCUT2D eigenvalue weighted by molar-refractivity contribution is 0.686. The van der Waals surface area contributed by atoms with Gasteiger partial charge in [0.25, 0.3) is 0 Å². The summed E-state index contributed by atoms with van der Waals surface area (Å²) in [4.78, 5) is 0. The first kappa shape index (κ1) is 26.3.